The van der Waals surface area contributed by atoms with Gasteiger partial charge in [-0.15, -0.1) is 0 Å². The van der Waals surface area contributed by atoms with Crippen molar-refractivity contribution in [3.05, 3.63) is 46.7 Å². The van der Waals surface area contributed by atoms with Gasteiger partial charge >= 0.3 is 5.97 Å². The van der Waals surface area contributed by atoms with Crippen LogP contribution in [0.1, 0.15) is 24.8 Å². The van der Waals surface area contributed by atoms with Gasteiger partial charge in [0, 0.05) is 24.1 Å². The number of carbonyl (C=O) groups is 2. The number of halogens is 2. The number of benzene rings is 1. The minimum atomic E-state index is -0.793. The van der Waals surface area contributed by atoms with Crippen LogP contribution < -0.4 is 5.32 Å². The molecule has 4 nitrogen and oxygen atoms in total. The van der Waals surface area contributed by atoms with Gasteiger partial charge in [0.1, 0.15) is 11.6 Å². The molecule has 1 aliphatic heterocycles. The highest BCUT2D eigenvalue weighted by Crippen LogP contribution is 2.34. The third-order valence-electron chi connectivity index (χ3n) is 3.21. The molecule has 0 aliphatic carbocycles. The number of allylic oxidation sites excluding steroid dienone is 1. The minimum Gasteiger partial charge on any atom is -0.466 e. The first kappa shape index (κ1) is 14.2. The summed E-state index contributed by atoms with van der Waals surface area (Å²) in [6.45, 7) is 1.54. The van der Waals surface area contributed by atoms with Crippen LogP contribution in [0.2, 0.25) is 0 Å². The van der Waals surface area contributed by atoms with E-state index in [0.717, 1.165) is 12.1 Å². The van der Waals surface area contributed by atoms with Crippen molar-refractivity contribution in [3.63, 3.8) is 0 Å². The molecule has 0 saturated carbocycles. The largest absolute Gasteiger partial charge is 0.466 e. The first-order valence-corrected chi connectivity index (χ1v) is 5.98. The molecule has 0 unspecified atom stereocenters. The summed E-state index contributed by atoms with van der Waals surface area (Å²) >= 11 is 0. The lowest BCUT2D eigenvalue weighted by molar-refractivity contribution is -0.136. The number of hydrogen-bond donors (Lipinski definition) is 1. The molecular formula is C14H13F2NO3. The number of rotatable bonds is 2. The molecule has 6 heteroatoms. The second-order valence-corrected chi connectivity index (χ2v) is 4.50. The topological polar surface area (TPSA) is 55.4 Å². The third-order valence-corrected chi connectivity index (χ3v) is 3.21. The molecule has 2 rings (SSSR count). The van der Waals surface area contributed by atoms with E-state index < -0.39 is 23.5 Å². The van der Waals surface area contributed by atoms with Crippen molar-refractivity contribution in [2.24, 2.45) is 0 Å². The molecule has 1 amide bonds. The molecule has 1 aromatic rings. The van der Waals surface area contributed by atoms with E-state index in [2.05, 4.69) is 10.1 Å². The van der Waals surface area contributed by atoms with Crippen LogP contribution in [0.3, 0.4) is 0 Å². The van der Waals surface area contributed by atoms with Crippen molar-refractivity contribution in [1.29, 1.82) is 0 Å². The normalized spacial score (nSPS) is 18.8. The fraction of sp³-hybridized carbons (Fsp3) is 0.286. The first-order chi connectivity index (χ1) is 9.43. The van der Waals surface area contributed by atoms with E-state index in [1.807, 2.05) is 0 Å². The summed E-state index contributed by atoms with van der Waals surface area (Å²) in [6.07, 6.45) is -0.0929. The Morgan fingerprint density at radius 2 is 2.10 bits per heavy atom. The zero-order valence-corrected chi connectivity index (χ0v) is 11.0. The Morgan fingerprint density at radius 3 is 2.70 bits per heavy atom. The van der Waals surface area contributed by atoms with Crippen LogP contribution in [-0.2, 0) is 14.3 Å². The molecule has 0 spiro atoms. The van der Waals surface area contributed by atoms with Crippen LogP contribution in [0.4, 0.5) is 8.78 Å². The quantitative estimate of drug-likeness (QED) is 0.844. The lowest BCUT2D eigenvalue weighted by atomic mass is 9.84. The highest BCUT2D eigenvalue weighted by molar-refractivity contribution is 5.95. The maximum Gasteiger partial charge on any atom is 0.336 e. The maximum atomic E-state index is 13.9. The minimum absolute atomic E-state index is 0.0929. The number of carbonyl (C=O) groups excluding carboxylic acids is 2. The zero-order valence-electron chi connectivity index (χ0n) is 11.0. The monoisotopic (exact) mass is 281 g/mol. The molecule has 0 fully saturated rings. The Bertz CT molecular complexity index is 610. The molecule has 0 bridgehead atoms. The fourth-order valence-corrected chi connectivity index (χ4v) is 2.33. The SMILES string of the molecule is COC(=O)C1=C(C)NC(=O)C[C@@H]1c1ccc(F)cc1F. The third kappa shape index (κ3) is 2.54. The average Bonchev–Trinajstić information content (AvgIpc) is 2.37. The predicted octanol–water partition coefficient (Wildman–Crippen LogP) is 2.02. The highest BCUT2D eigenvalue weighted by Gasteiger charge is 2.33. The lowest BCUT2D eigenvalue weighted by Gasteiger charge is -2.26. The van der Waals surface area contributed by atoms with Gasteiger partial charge in [-0.1, -0.05) is 6.07 Å². The summed E-state index contributed by atoms with van der Waals surface area (Å²) in [5, 5.41) is 2.52. The van der Waals surface area contributed by atoms with E-state index in [1.54, 1.807) is 0 Å². The van der Waals surface area contributed by atoms with E-state index in [1.165, 1.54) is 20.1 Å². The Balaban J connectivity index is 2.54. The van der Waals surface area contributed by atoms with Crippen LogP contribution >= 0.6 is 0 Å². The zero-order chi connectivity index (χ0) is 14.9. The van der Waals surface area contributed by atoms with Crippen molar-refractivity contribution in [2.75, 3.05) is 7.11 Å². The summed E-state index contributed by atoms with van der Waals surface area (Å²) in [7, 11) is 1.21. The van der Waals surface area contributed by atoms with Gasteiger partial charge in [0.2, 0.25) is 5.91 Å². The first-order valence-electron chi connectivity index (χ1n) is 5.98. The van der Waals surface area contributed by atoms with E-state index >= 15 is 0 Å². The van der Waals surface area contributed by atoms with Crippen molar-refractivity contribution in [3.8, 4) is 0 Å². The molecule has 1 heterocycles. The average molecular weight is 281 g/mol. The van der Waals surface area contributed by atoms with Gasteiger partial charge in [-0.25, -0.2) is 13.6 Å². The molecule has 0 radical (unpaired) electrons. The van der Waals surface area contributed by atoms with Gasteiger partial charge in [0.15, 0.2) is 0 Å². The van der Waals surface area contributed by atoms with Crippen molar-refractivity contribution < 1.29 is 23.1 Å². The van der Waals surface area contributed by atoms with E-state index in [9.17, 15) is 18.4 Å². The van der Waals surface area contributed by atoms with Gasteiger partial charge in [-0.05, 0) is 18.6 Å². The summed E-state index contributed by atoms with van der Waals surface area (Å²) in [5.41, 5.74) is 0.598. The van der Waals surface area contributed by atoms with Crippen LogP contribution in [0.15, 0.2) is 29.5 Å². The number of esters is 1. The molecule has 1 aromatic carbocycles. The van der Waals surface area contributed by atoms with Crippen molar-refractivity contribution in [2.45, 2.75) is 19.3 Å². The second kappa shape index (κ2) is 5.40. The van der Waals surface area contributed by atoms with Crippen LogP contribution in [0, 0.1) is 11.6 Å². The smallest absolute Gasteiger partial charge is 0.336 e. The second-order valence-electron chi connectivity index (χ2n) is 4.50. The van der Waals surface area contributed by atoms with Crippen LogP contribution in [-0.4, -0.2) is 19.0 Å². The summed E-state index contributed by atoms with van der Waals surface area (Å²) < 4.78 is 31.5. The van der Waals surface area contributed by atoms with Crippen molar-refractivity contribution >= 4 is 11.9 Å². The van der Waals surface area contributed by atoms with Gasteiger partial charge in [-0.2, -0.15) is 0 Å². The fourth-order valence-electron chi connectivity index (χ4n) is 2.33. The van der Waals surface area contributed by atoms with E-state index in [-0.39, 0.29) is 23.5 Å². The molecule has 1 atom stereocenters. The molecular weight excluding hydrogens is 268 g/mol. The Kier molecular flexibility index (Phi) is 3.83. The Hall–Kier alpha value is -2.24. The number of ether oxygens (including phenoxy) is 1. The van der Waals surface area contributed by atoms with Gasteiger partial charge < -0.3 is 10.1 Å². The Labute approximate surface area is 114 Å². The Morgan fingerprint density at radius 1 is 1.40 bits per heavy atom. The summed E-state index contributed by atoms with van der Waals surface area (Å²) in [5.74, 6) is -3.26. The van der Waals surface area contributed by atoms with E-state index in [4.69, 9.17) is 0 Å². The molecule has 1 aliphatic rings. The highest BCUT2D eigenvalue weighted by atomic mass is 19.1. The van der Waals surface area contributed by atoms with Crippen LogP contribution in [0.5, 0.6) is 0 Å². The van der Waals surface area contributed by atoms with Gasteiger partial charge in [-0.3, -0.25) is 4.79 Å². The molecule has 0 aromatic heterocycles. The van der Waals surface area contributed by atoms with Gasteiger partial charge in [0.25, 0.3) is 0 Å². The molecule has 106 valence electrons. The standard InChI is InChI=1S/C14H13F2NO3/c1-7-13(14(19)20-2)10(6-12(18)17-7)9-4-3-8(15)5-11(9)16/h3-5,10H,6H2,1-2H3,(H,17,18)/t10-/m1/s1. The number of amides is 1. The molecule has 1 N–H and O–H groups in total. The van der Waals surface area contributed by atoms with Crippen LogP contribution in [0.25, 0.3) is 0 Å². The summed E-state index contributed by atoms with van der Waals surface area (Å²) in [6, 6.07) is 3.06. The number of nitrogens with one attached hydrogen (secondary N) is 1. The number of hydrogen-bond acceptors (Lipinski definition) is 3. The van der Waals surface area contributed by atoms with Crippen molar-refractivity contribution in [1.82, 2.24) is 5.32 Å². The molecule has 0 saturated heterocycles. The van der Waals surface area contributed by atoms with Gasteiger partial charge in [0.05, 0.1) is 12.7 Å². The summed E-state index contributed by atoms with van der Waals surface area (Å²) in [4.78, 5) is 23.4. The maximum absolute atomic E-state index is 13.9. The number of methoxy groups -OCH3 is 1. The lowest BCUT2D eigenvalue weighted by Crippen LogP contribution is -2.34. The molecule has 20 heavy (non-hydrogen) atoms. The predicted molar refractivity (Wildman–Crippen MR) is 66.6 cm³/mol. The van der Waals surface area contributed by atoms with E-state index in [0.29, 0.717) is 5.70 Å².